The van der Waals surface area contributed by atoms with E-state index >= 15 is 0 Å². The van der Waals surface area contributed by atoms with Gasteiger partial charge in [0.05, 0.1) is 12.3 Å². The van der Waals surface area contributed by atoms with Crippen molar-refractivity contribution in [1.29, 1.82) is 0 Å². The number of Topliss-reactive ketones (excluding diaryl/α,β-unsaturated/α-hetero) is 1. The maximum atomic E-state index is 11.3. The van der Waals surface area contributed by atoms with Crippen LogP contribution in [-0.2, 0) is 22.9 Å². The zero-order valence-corrected chi connectivity index (χ0v) is 9.97. The van der Waals surface area contributed by atoms with E-state index in [0.717, 1.165) is 0 Å². The molecule has 0 fully saturated rings. The van der Waals surface area contributed by atoms with Crippen molar-refractivity contribution in [1.82, 2.24) is 9.55 Å². The van der Waals surface area contributed by atoms with Crippen LogP contribution in [0.3, 0.4) is 0 Å². The van der Waals surface area contributed by atoms with Crippen LogP contribution in [0.1, 0.15) is 43.0 Å². The predicted octanol–water partition coefficient (Wildman–Crippen LogP) is 0.879. The van der Waals surface area contributed by atoms with Gasteiger partial charge in [0.15, 0.2) is 18.3 Å². The highest BCUT2D eigenvalue weighted by Gasteiger charge is 2.12. The fourth-order valence-corrected chi connectivity index (χ4v) is 1.34. The molecule has 0 saturated heterocycles. The number of ketones is 1. The molecule has 0 spiro atoms. The van der Waals surface area contributed by atoms with Crippen molar-refractivity contribution in [2.75, 3.05) is 0 Å². The van der Waals surface area contributed by atoms with Gasteiger partial charge in [-0.25, -0.2) is 4.98 Å². The molecule has 0 radical (unpaired) electrons. The number of carbonyl (C=O) groups is 2. The van der Waals surface area contributed by atoms with Crippen LogP contribution in [0, 0.1) is 0 Å². The van der Waals surface area contributed by atoms with E-state index in [4.69, 9.17) is 9.84 Å². The van der Waals surface area contributed by atoms with Crippen LogP contribution in [0.5, 0.6) is 0 Å². The molecule has 1 aromatic rings. The van der Waals surface area contributed by atoms with Crippen LogP contribution in [-0.4, -0.2) is 26.4 Å². The van der Waals surface area contributed by atoms with E-state index in [1.54, 1.807) is 0 Å². The van der Waals surface area contributed by atoms with Crippen LogP contribution in [0.4, 0.5) is 0 Å². The number of esters is 1. The topological polar surface area (TPSA) is 81.4 Å². The maximum absolute atomic E-state index is 11.3. The fourth-order valence-electron chi connectivity index (χ4n) is 1.34. The van der Waals surface area contributed by atoms with Gasteiger partial charge in [0, 0.05) is 19.5 Å². The molecule has 17 heavy (non-hydrogen) atoms. The minimum atomic E-state index is -0.318. The van der Waals surface area contributed by atoms with Crippen LogP contribution < -0.4 is 0 Å². The Morgan fingerprint density at radius 2 is 2.24 bits per heavy atom. The van der Waals surface area contributed by atoms with E-state index in [-0.39, 0.29) is 30.9 Å². The lowest BCUT2D eigenvalue weighted by Crippen LogP contribution is -2.13. The van der Waals surface area contributed by atoms with Crippen molar-refractivity contribution in [3.63, 3.8) is 0 Å². The number of hydrogen-bond acceptors (Lipinski definition) is 5. The molecule has 0 unspecified atom stereocenters. The third-order valence-corrected chi connectivity index (χ3v) is 2.12. The summed E-state index contributed by atoms with van der Waals surface area (Å²) in [6.07, 6.45) is 2.55. The van der Waals surface area contributed by atoms with Crippen molar-refractivity contribution >= 4 is 11.8 Å². The van der Waals surface area contributed by atoms with Gasteiger partial charge in [-0.3, -0.25) is 14.2 Å². The normalized spacial score (nSPS) is 10.3. The van der Waals surface area contributed by atoms with Crippen molar-refractivity contribution < 1.29 is 19.4 Å². The summed E-state index contributed by atoms with van der Waals surface area (Å²) in [5.74, 6) is -0.379. The Kier molecular flexibility index (Phi) is 4.84. The monoisotopic (exact) mass is 240 g/mol. The lowest BCUT2D eigenvalue weighted by Gasteiger charge is -2.06. The molecule has 0 amide bonds. The van der Waals surface area contributed by atoms with E-state index in [1.165, 1.54) is 17.7 Å². The first-order valence-electron chi connectivity index (χ1n) is 5.42. The smallest absolute Gasteiger partial charge is 0.307 e. The summed E-state index contributed by atoms with van der Waals surface area (Å²) in [5.41, 5.74) is 0.377. The lowest BCUT2D eigenvalue weighted by molar-refractivity contribution is -0.147. The van der Waals surface area contributed by atoms with Gasteiger partial charge >= 0.3 is 5.97 Å². The summed E-state index contributed by atoms with van der Waals surface area (Å²) in [5, 5.41) is 8.92. The minimum Gasteiger partial charge on any atom is -0.444 e. The Hall–Kier alpha value is -1.69. The number of nitrogens with zero attached hydrogens (tertiary/aromatic N) is 2. The van der Waals surface area contributed by atoms with Crippen molar-refractivity contribution in [3.8, 4) is 0 Å². The molecule has 6 nitrogen and oxygen atoms in total. The molecule has 1 heterocycles. The first-order valence-corrected chi connectivity index (χ1v) is 5.42. The molecule has 0 saturated carbocycles. The van der Waals surface area contributed by atoms with Crippen molar-refractivity contribution in [2.24, 2.45) is 0 Å². The Labute approximate surface area is 99.2 Å². The summed E-state index contributed by atoms with van der Waals surface area (Å²) in [6, 6.07) is 0. The highest BCUT2D eigenvalue weighted by atomic mass is 16.5. The van der Waals surface area contributed by atoms with Crippen LogP contribution in [0.25, 0.3) is 0 Å². The first kappa shape index (κ1) is 13.4. The summed E-state index contributed by atoms with van der Waals surface area (Å²) >= 11 is 0. The third kappa shape index (κ3) is 3.67. The first-order chi connectivity index (χ1) is 8.08. The van der Waals surface area contributed by atoms with Crippen molar-refractivity contribution in [3.05, 3.63) is 17.7 Å². The molecule has 0 aliphatic rings. The molecule has 1 rings (SSSR count). The Morgan fingerprint density at radius 3 is 2.76 bits per heavy atom. The van der Waals surface area contributed by atoms with Crippen molar-refractivity contribution in [2.45, 2.75) is 40.0 Å². The number of ether oxygens (including phenoxy) is 1. The zero-order chi connectivity index (χ0) is 12.8. The molecule has 1 N–H and O–H groups in total. The van der Waals surface area contributed by atoms with Gasteiger partial charge in [0.2, 0.25) is 0 Å². The highest BCUT2D eigenvalue weighted by molar-refractivity contribution is 5.90. The standard InChI is InChI=1S/C11H16N2O4/c1-3-4-10(16)17-7-13-5-9(6-14)12-11(13)8(2)15/h5,14H,3-4,6-7H2,1-2H3. The van der Waals surface area contributed by atoms with E-state index < -0.39 is 0 Å². The molecule has 94 valence electrons. The van der Waals surface area contributed by atoms with Crippen LogP contribution in [0.2, 0.25) is 0 Å². The number of carbonyl (C=O) groups excluding carboxylic acids is 2. The number of aromatic nitrogens is 2. The molecule has 0 bridgehead atoms. The second-order valence-corrected chi connectivity index (χ2v) is 3.64. The number of hydrogen-bond donors (Lipinski definition) is 1. The molecular formula is C11H16N2O4. The molecule has 0 aliphatic carbocycles. The average Bonchev–Trinajstić information content (AvgIpc) is 2.70. The predicted molar refractivity (Wildman–Crippen MR) is 59.2 cm³/mol. The molecule has 0 aliphatic heterocycles. The van der Waals surface area contributed by atoms with Crippen LogP contribution >= 0.6 is 0 Å². The molecule has 6 heteroatoms. The summed E-state index contributed by atoms with van der Waals surface area (Å²) < 4.78 is 6.39. The van der Waals surface area contributed by atoms with Gasteiger partial charge in [0.25, 0.3) is 0 Å². The third-order valence-electron chi connectivity index (χ3n) is 2.12. The number of aliphatic hydroxyl groups excluding tert-OH is 1. The van der Waals surface area contributed by atoms with E-state index in [2.05, 4.69) is 4.98 Å². The second-order valence-electron chi connectivity index (χ2n) is 3.64. The highest BCUT2D eigenvalue weighted by Crippen LogP contribution is 2.06. The lowest BCUT2D eigenvalue weighted by atomic mass is 10.3. The van der Waals surface area contributed by atoms with Gasteiger partial charge < -0.3 is 9.84 Å². The Balaban J connectivity index is 2.72. The largest absolute Gasteiger partial charge is 0.444 e. The Morgan fingerprint density at radius 1 is 1.53 bits per heavy atom. The summed E-state index contributed by atoms with van der Waals surface area (Å²) in [4.78, 5) is 26.4. The summed E-state index contributed by atoms with van der Waals surface area (Å²) in [7, 11) is 0. The number of aliphatic hydroxyl groups is 1. The van der Waals surface area contributed by atoms with E-state index in [0.29, 0.717) is 18.5 Å². The summed E-state index contributed by atoms with van der Waals surface area (Å²) in [6.45, 7) is 2.94. The molecule has 1 aromatic heterocycles. The molecule has 0 aromatic carbocycles. The number of rotatable bonds is 6. The van der Waals surface area contributed by atoms with Gasteiger partial charge in [0.1, 0.15) is 0 Å². The van der Waals surface area contributed by atoms with Crippen LogP contribution in [0.15, 0.2) is 6.20 Å². The SMILES string of the molecule is CCCC(=O)OCn1cc(CO)nc1C(C)=O. The average molecular weight is 240 g/mol. The van der Waals surface area contributed by atoms with Gasteiger partial charge in [-0.1, -0.05) is 6.92 Å². The molecular weight excluding hydrogens is 224 g/mol. The van der Waals surface area contributed by atoms with Gasteiger partial charge in [-0.2, -0.15) is 0 Å². The van der Waals surface area contributed by atoms with E-state index in [1.807, 2.05) is 6.92 Å². The fraction of sp³-hybridized carbons (Fsp3) is 0.545. The Bertz CT molecular complexity index is 412. The van der Waals surface area contributed by atoms with E-state index in [9.17, 15) is 9.59 Å². The van der Waals surface area contributed by atoms with Gasteiger partial charge in [-0.05, 0) is 6.42 Å². The number of imidazole rings is 1. The maximum Gasteiger partial charge on any atom is 0.307 e. The minimum absolute atomic E-state index is 0.0548. The molecule has 0 atom stereocenters. The quantitative estimate of drug-likeness (QED) is 0.589. The second kappa shape index (κ2) is 6.15. The van der Waals surface area contributed by atoms with Gasteiger partial charge in [-0.15, -0.1) is 0 Å². The zero-order valence-electron chi connectivity index (χ0n) is 9.97.